The van der Waals surface area contributed by atoms with Crippen LogP contribution >= 0.6 is 0 Å². The molecule has 2 rings (SSSR count). The lowest BCUT2D eigenvalue weighted by Gasteiger charge is -2.20. The number of anilines is 2. The zero-order chi connectivity index (χ0) is 13.1. The van der Waals surface area contributed by atoms with E-state index in [2.05, 4.69) is 9.88 Å². The highest BCUT2D eigenvalue weighted by atomic mass is 16.5. The summed E-state index contributed by atoms with van der Waals surface area (Å²) in [7, 11) is 3.04. The summed E-state index contributed by atoms with van der Waals surface area (Å²) in [5.74, 6) is -0.0957. The summed E-state index contributed by atoms with van der Waals surface area (Å²) >= 11 is 0. The lowest BCUT2D eigenvalue weighted by Crippen LogP contribution is -2.24. The molecule has 0 spiro atoms. The maximum Gasteiger partial charge on any atom is 0.340 e. The van der Waals surface area contributed by atoms with Crippen molar-refractivity contribution in [3.8, 4) is 0 Å². The van der Waals surface area contributed by atoms with Crippen molar-refractivity contribution in [2.24, 2.45) is 0 Å². The van der Waals surface area contributed by atoms with E-state index in [-0.39, 0.29) is 6.10 Å². The molecule has 1 saturated heterocycles. The third-order valence-corrected chi connectivity index (χ3v) is 3.13. The van der Waals surface area contributed by atoms with Crippen LogP contribution in [0.5, 0.6) is 0 Å². The number of hydrogen-bond donors (Lipinski definition) is 1. The summed E-state index contributed by atoms with van der Waals surface area (Å²) in [6, 6.07) is 1.54. The van der Waals surface area contributed by atoms with Gasteiger partial charge in [-0.15, -0.1) is 0 Å². The first-order valence-corrected chi connectivity index (χ1v) is 5.77. The first-order chi connectivity index (χ1) is 8.65. The zero-order valence-electron chi connectivity index (χ0n) is 10.5. The minimum absolute atomic E-state index is 0.188. The van der Waals surface area contributed by atoms with Crippen LogP contribution < -0.4 is 10.6 Å². The quantitative estimate of drug-likeness (QED) is 0.796. The van der Waals surface area contributed by atoms with Gasteiger partial charge in [0.15, 0.2) is 0 Å². The Kier molecular flexibility index (Phi) is 3.66. The number of nitrogen functional groups attached to an aromatic ring is 1. The van der Waals surface area contributed by atoms with E-state index in [0.29, 0.717) is 11.4 Å². The topological polar surface area (TPSA) is 77.7 Å². The number of carbonyl (C=O) groups excluding carboxylic acids is 1. The van der Waals surface area contributed by atoms with Crippen LogP contribution in [0, 0.1) is 0 Å². The van der Waals surface area contributed by atoms with Crippen molar-refractivity contribution in [2.75, 3.05) is 37.9 Å². The number of esters is 1. The molecule has 0 aromatic carbocycles. The minimum atomic E-state index is -0.403. The molecular weight excluding hydrogens is 234 g/mol. The van der Waals surface area contributed by atoms with E-state index in [1.165, 1.54) is 7.11 Å². The fourth-order valence-corrected chi connectivity index (χ4v) is 2.13. The van der Waals surface area contributed by atoms with Gasteiger partial charge in [0, 0.05) is 20.2 Å². The van der Waals surface area contributed by atoms with Crippen LogP contribution in [0.4, 0.5) is 11.5 Å². The summed E-state index contributed by atoms with van der Waals surface area (Å²) < 4.78 is 10.1. The molecule has 1 aliphatic heterocycles. The van der Waals surface area contributed by atoms with E-state index in [1.54, 1.807) is 19.4 Å². The molecule has 0 saturated carbocycles. The van der Waals surface area contributed by atoms with Crippen LogP contribution in [-0.2, 0) is 9.47 Å². The van der Waals surface area contributed by atoms with Crippen molar-refractivity contribution in [2.45, 2.75) is 12.5 Å². The lowest BCUT2D eigenvalue weighted by atomic mass is 10.2. The van der Waals surface area contributed by atoms with Crippen LogP contribution in [0.2, 0.25) is 0 Å². The third kappa shape index (κ3) is 2.38. The second-order valence-corrected chi connectivity index (χ2v) is 4.21. The second-order valence-electron chi connectivity index (χ2n) is 4.21. The molecule has 1 unspecified atom stereocenters. The number of carbonyl (C=O) groups is 1. The van der Waals surface area contributed by atoms with Gasteiger partial charge in [0.1, 0.15) is 5.82 Å². The van der Waals surface area contributed by atoms with Gasteiger partial charge in [0.2, 0.25) is 0 Å². The van der Waals surface area contributed by atoms with Crippen molar-refractivity contribution in [1.29, 1.82) is 0 Å². The number of ether oxygens (including phenoxy) is 2. The Bertz CT molecular complexity index is 450. The smallest absolute Gasteiger partial charge is 0.340 e. The molecule has 1 aromatic rings. The SMILES string of the molecule is COC(=O)c1cc(N)ncc1N1CCC(OC)C1. The van der Waals surface area contributed by atoms with E-state index < -0.39 is 5.97 Å². The van der Waals surface area contributed by atoms with Crippen molar-refractivity contribution in [3.63, 3.8) is 0 Å². The van der Waals surface area contributed by atoms with Gasteiger partial charge in [-0.05, 0) is 12.5 Å². The van der Waals surface area contributed by atoms with Gasteiger partial charge in [-0.3, -0.25) is 0 Å². The lowest BCUT2D eigenvalue weighted by molar-refractivity contribution is 0.0601. The maximum absolute atomic E-state index is 11.7. The molecule has 6 nitrogen and oxygen atoms in total. The van der Waals surface area contributed by atoms with Crippen molar-refractivity contribution < 1.29 is 14.3 Å². The molecule has 6 heteroatoms. The highest BCUT2D eigenvalue weighted by Crippen LogP contribution is 2.26. The number of aromatic nitrogens is 1. The number of nitrogens with zero attached hydrogens (tertiary/aromatic N) is 2. The zero-order valence-corrected chi connectivity index (χ0v) is 10.5. The van der Waals surface area contributed by atoms with Crippen LogP contribution in [0.25, 0.3) is 0 Å². The van der Waals surface area contributed by atoms with Gasteiger partial charge < -0.3 is 20.1 Å². The third-order valence-electron chi connectivity index (χ3n) is 3.13. The average molecular weight is 251 g/mol. The van der Waals surface area contributed by atoms with Gasteiger partial charge in [-0.2, -0.15) is 0 Å². The Morgan fingerprint density at radius 2 is 2.33 bits per heavy atom. The standard InChI is InChI=1S/C12H17N3O3/c1-17-8-3-4-15(7-8)10-6-14-11(13)5-9(10)12(16)18-2/h5-6,8H,3-4,7H2,1-2H3,(H2,13,14). The molecule has 98 valence electrons. The first-order valence-electron chi connectivity index (χ1n) is 5.77. The molecule has 2 N–H and O–H groups in total. The van der Waals surface area contributed by atoms with Crippen molar-refractivity contribution in [3.05, 3.63) is 17.8 Å². The van der Waals surface area contributed by atoms with Crippen LogP contribution in [0.1, 0.15) is 16.8 Å². The van der Waals surface area contributed by atoms with Crippen molar-refractivity contribution >= 4 is 17.5 Å². The molecule has 1 aliphatic rings. The molecule has 2 heterocycles. The van der Waals surface area contributed by atoms with E-state index >= 15 is 0 Å². The molecule has 0 amide bonds. The predicted molar refractivity (Wildman–Crippen MR) is 67.6 cm³/mol. The molecule has 0 bridgehead atoms. The maximum atomic E-state index is 11.7. The van der Waals surface area contributed by atoms with Crippen LogP contribution in [0.15, 0.2) is 12.3 Å². The largest absolute Gasteiger partial charge is 0.465 e. The Hall–Kier alpha value is -1.82. The van der Waals surface area contributed by atoms with Gasteiger partial charge in [0.05, 0.1) is 30.7 Å². The predicted octanol–water partition coefficient (Wildman–Crippen LogP) is 0.675. The van der Waals surface area contributed by atoms with Crippen molar-refractivity contribution in [1.82, 2.24) is 4.98 Å². The van der Waals surface area contributed by atoms with E-state index in [1.807, 2.05) is 0 Å². The molecule has 18 heavy (non-hydrogen) atoms. The summed E-state index contributed by atoms with van der Waals surface area (Å²) in [5, 5.41) is 0. The summed E-state index contributed by atoms with van der Waals surface area (Å²) in [5.41, 5.74) is 6.80. The molecule has 1 atom stereocenters. The normalized spacial score (nSPS) is 19.0. The van der Waals surface area contributed by atoms with Gasteiger partial charge in [0.25, 0.3) is 0 Å². The average Bonchev–Trinajstić information content (AvgIpc) is 2.86. The van der Waals surface area contributed by atoms with Gasteiger partial charge in [-0.1, -0.05) is 0 Å². The van der Waals surface area contributed by atoms with Gasteiger partial charge in [-0.25, -0.2) is 9.78 Å². The van der Waals surface area contributed by atoms with E-state index in [0.717, 1.165) is 25.2 Å². The number of methoxy groups -OCH3 is 2. The number of rotatable bonds is 3. The molecule has 1 aromatic heterocycles. The first kappa shape index (κ1) is 12.6. The number of pyridine rings is 1. The van der Waals surface area contributed by atoms with Crippen LogP contribution in [0.3, 0.4) is 0 Å². The molecule has 0 aliphatic carbocycles. The highest BCUT2D eigenvalue weighted by Gasteiger charge is 2.26. The van der Waals surface area contributed by atoms with Crippen LogP contribution in [-0.4, -0.2) is 44.4 Å². The Labute approximate surface area is 106 Å². The van der Waals surface area contributed by atoms with E-state index in [9.17, 15) is 4.79 Å². The molecule has 0 radical (unpaired) electrons. The Morgan fingerprint density at radius 1 is 1.56 bits per heavy atom. The second kappa shape index (κ2) is 5.22. The Morgan fingerprint density at radius 3 is 2.94 bits per heavy atom. The number of hydrogen-bond acceptors (Lipinski definition) is 6. The Balaban J connectivity index is 2.30. The number of nitrogens with two attached hydrogens (primary N) is 1. The van der Waals surface area contributed by atoms with E-state index in [4.69, 9.17) is 15.2 Å². The summed E-state index contributed by atoms with van der Waals surface area (Å²) in [6.07, 6.45) is 2.73. The summed E-state index contributed by atoms with van der Waals surface area (Å²) in [4.78, 5) is 17.8. The summed E-state index contributed by atoms with van der Waals surface area (Å²) in [6.45, 7) is 1.57. The molecular formula is C12H17N3O3. The fourth-order valence-electron chi connectivity index (χ4n) is 2.13. The van der Waals surface area contributed by atoms with Gasteiger partial charge >= 0.3 is 5.97 Å². The molecule has 1 fully saturated rings. The monoisotopic (exact) mass is 251 g/mol. The fraction of sp³-hybridized carbons (Fsp3) is 0.500. The minimum Gasteiger partial charge on any atom is -0.465 e. The highest BCUT2D eigenvalue weighted by molar-refractivity contribution is 5.96.